The highest BCUT2D eigenvalue weighted by Gasteiger charge is 2.44. The number of fused-ring (bicyclic) bond motifs is 1. The number of anilines is 1. The Labute approximate surface area is 252 Å². The molecular weight excluding hydrogens is 583 g/mol. The number of piperazine rings is 1. The van der Waals surface area contributed by atoms with Crippen LogP contribution in [0.5, 0.6) is 0 Å². The molecule has 2 fully saturated rings. The lowest BCUT2D eigenvalue weighted by Crippen LogP contribution is -2.53. The molecule has 1 aromatic heterocycles. The summed E-state index contributed by atoms with van der Waals surface area (Å²) in [6.45, 7) is 4.37. The van der Waals surface area contributed by atoms with E-state index in [2.05, 4.69) is 33.8 Å². The van der Waals surface area contributed by atoms with Crippen molar-refractivity contribution in [2.24, 2.45) is 5.92 Å². The minimum absolute atomic E-state index is 0.0397. The molecule has 236 valence electrons. The van der Waals surface area contributed by atoms with Gasteiger partial charge < -0.3 is 14.5 Å². The van der Waals surface area contributed by atoms with Crippen LogP contribution in [-0.4, -0.2) is 76.4 Å². The molecule has 13 heteroatoms. The van der Waals surface area contributed by atoms with Gasteiger partial charge in [-0.25, -0.2) is 0 Å². The quantitative estimate of drug-likeness (QED) is 0.326. The summed E-state index contributed by atoms with van der Waals surface area (Å²) in [5.41, 5.74) is 0.153. The lowest BCUT2D eigenvalue weighted by Gasteiger charge is -2.42. The molecule has 1 amide bonds. The molecule has 6 rings (SSSR count). The Balaban J connectivity index is 1.30. The second kappa shape index (κ2) is 11.5. The van der Waals surface area contributed by atoms with Gasteiger partial charge in [0.15, 0.2) is 0 Å². The Morgan fingerprint density at radius 1 is 1.11 bits per heavy atom. The normalized spacial score (nSPS) is 20.9. The topological polar surface area (TPSA) is 66.7 Å². The minimum atomic E-state index is -4.63. The van der Waals surface area contributed by atoms with Crippen molar-refractivity contribution in [2.45, 2.75) is 57.5 Å². The number of nitrogens with zero attached hydrogens (tertiary/aromatic N) is 6. The van der Waals surface area contributed by atoms with Gasteiger partial charge in [0.2, 0.25) is 0 Å². The maximum atomic E-state index is 14.4. The van der Waals surface area contributed by atoms with Gasteiger partial charge >= 0.3 is 12.7 Å². The Hall–Kier alpha value is -3.42. The fraction of sp³-hybridized carbons (Fsp3) is 0.516. The fourth-order valence-corrected chi connectivity index (χ4v) is 6.66. The number of rotatable bonds is 8. The van der Waals surface area contributed by atoms with Crippen LogP contribution < -0.4 is 4.90 Å². The van der Waals surface area contributed by atoms with E-state index in [9.17, 15) is 26.7 Å². The van der Waals surface area contributed by atoms with Gasteiger partial charge in [-0.2, -0.15) is 22.0 Å². The van der Waals surface area contributed by atoms with Gasteiger partial charge in [-0.1, -0.05) is 26.0 Å². The minimum Gasteiger partial charge on any atom is -0.379 e. The van der Waals surface area contributed by atoms with Crippen molar-refractivity contribution in [1.29, 1.82) is 0 Å². The van der Waals surface area contributed by atoms with Crippen LogP contribution in [0.4, 0.5) is 27.6 Å². The molecule has 1 atom stereocenters. The van der Waals surface area contributed by atoms with Crippen molar-refractivity contribution in [3.8, 4) is 0 Å². The highest BCUT2D eigenvalue weighted by molar-refractivity contribution is 6.10. The number of likely N-dealkylation sites (N-methyl/N-ethyl adjacent to an activating group) is 1. The number of amides is 1. The number of hydrogen-bond acceptors (Lipinski definition) is 6. The summed E-state index contributed by atoms with van der Waals surface area (Å²) >= 11 is 0. The summed E-state index contributed by atoms with van der Waals surface area (Å²) in [6, 6.07) is 9.93. The number of ether oxygens (including phenoxy) is 1. The van der Waals surface area contributed by atoms with E-state index < -0.39 is 29.6 Å². The SMILES string of the molecule is CC(C)[C@H]1CN(C)CCN1Cc1cc2c(c(C(F)(F)F)c1)CN(c1cccc(C3(Cc4nncn4C(F)F)COC3)c1)C2=O. The summed E-state index contributed by atoms with van der Waals surface area (Å²) in [5.74, 6) is -0.0878. The first-order chi connectivity index (χ1) is 20.9. The standard InChI is InChI=1S/C31H35F5N6O2/c1-19(2)26-15-39(3)7-8-40(26)13-20-9-23-24(25(10-20)31(34,35)36)14-41(28(23)43)22-6-4-5-21(11-22)30(16-44-17-30)12-27-38-37-18-42(27)29(32)33/h4-6,9-11,18-19,26,29H,7-8,12-17H2,1-3H3/t26-/m1/s1. The first-order valence-corrected chi connectivity index (χ1v) is 14.7. The zero-order valence-corrected chi connectivity index (χ0v) is 24.8. The Bertz CT molecular complexity index is 1540. The second-order valence-electron chi connectivity index (χ2n) is 12.5. The number of hydrogen-bond donors (Lipinski definition) is 0. The van der Waals surface area contributed by atoms with E-state index in [1.165, 1.54) is 11.0 Å². The number of aromatic nitrogens is 3. The van der Waals surface area contributed by atoms with Crippen LogP contribution in [0.3, 0.4) is 0 Å². The third kappa shape index (κ3) is 5.61. The van der Waals surface area contributed by atoms with Crippen molar-refractivity contribution >= 4 is 11.6 Å². The summed E-state index contributed by atoms with van der Waals surface area (Å²) in [6.07, 6.45) is -3.53. The molecule has 2 aromatic carbocycles. The lowest BCUT2D eigenvalue weighted by molar-refractivity contribution is -0.138. The maximum Gasteiger partial charge on any atom is 0.416 e. The van der Waals surface area contributed by atoms with Crippen LogP contribution in [-0.2, 0) is 35.8 Å². The van der Waals surface area contributed by atoms with Gasteiger partial charge in [0.1, 0.15) is 12.2 Å². The fourth-order valence-electron chi connectivity index (χ4n) is 6.66. The highest BCUT2D eigenvalue weighted by atomic mass is 19.4. The largest absolute Gasteiger partial charge is 0.416 e. The molecule has 44 heavy (non-hydrogen) atoms. The Morgan fingerprint density at radius 3 is 2.55 bits per heavy atom. The van der Waals surface area contributed by atoms with Crippen LogP contribution in [0.25, 0.3) is 0 Å². The Morgan fingerprint density at radius 2 is 1.89 bits per heavy atom. The van der Waals surface area contributed by atoms with E-state index in [1.54, 1.807) is 24.3 Å². The first-order valence-electron chi connectivity index (χ1n) is 14.7. The molecule has 4 heterocycles. The molecule has 2 saturated heterocycles. The van der Waals surface area contributed by atoms with Crippen LogP contribution in [0, 0.1) is 5.92 Å². The summed E-state index contributed by atoms with van der Waals surface area (Å²) in [7, 11) is 2.04. The molecule has 3 aliphatic rings. The van der Waals surface area contributed by atoms with E-state index in [0.717, 1.165) is 31.5 Å². The number of benzene rings is 2. The van der Waals surface area contributed by atoms with Crippen molar-refractivity contribution in [2.75, 3.05) is 44.8 Å². The summed E-state index contributed by atoms with van der Waals surface area (Å²) in [4.78, 5) is 19.6. The third-order valence-electron chi connectivity index (χ3n) is 9.18. The van der Waals surface area contributed by atoms with Crippen molar-refractivity contribution in [1.82, 2.24) is 24.6 Å². The lowest BCUT2D eigenvalue weighted by atomic mass is 9.75. The van der Waals surface area contributed by atoms with E-state index in [-0.39, 0.29) is 49.2 Å². The zero-order valence-electron chi connectivity index (χ0n) is 24.8. The van der Waals surface area contributed by atoms with E-state index >= 15 is 0 Å². The van der Waals surface area contributed by atoms with Crippen LogP contribution >= 0.6 is 0 Å². The molecule has 0 radical (unpaired) electrons. The smallest absolute Gasteiger partial charge is 0.379 e. The predicted octanol–water partition coefficient (Wildman–Crippen LogP) is 5.14. The van der Waals surface area contributed by atoms with Gasteiger partial charge in [-0.05, 0) is 53.9 Å². The summed E-state index contributed by atoms with van der Waals surface area (Å²) < 4.78 is 76.4. The molecule has 0 aliphatic carbocycles. The van der Waals surface area contributed by atoms with E-state index in [0.29, 0.717) is 28.3 Å². The van der Waals surface area contributed by atoms with Gasteiger partial charge in [0.25, 0.3) is 5.91 Å². The van der Waals surface area contributed by atoms with Crippen molar-refractivity contribution in [3.63, 3.8) is 0 Å². The number of alkyl halides is 5. The molecule has 8 nitrogen and oxygen atoms in total. The van der Waals surface area contributed by atoms with Crippen LogP contribution in [0.15, 0.2) is 42.7 Å². The van der Waals surface area contributed by atoms with E-state index in [4.69, 9.17) is 4.74 Å². The monoisotopic (exact) mass is 618 g/mol. The van der Waals surface area contributed by atoms with Crippen LogP contribution in [0.2, 0.25) is 0 Å². The van der Waals surface area contributed by atoms with Crippen molar-refractivity contribution in [3.05, 3.63) is 76.4 Å². The number of carbonyl (C=O) groups excluding carboxylic acids is 1. The zero-order chi connectivity index (χ0) is 31.4. The van der Waals surface area contributed by atoms with Crippen LogP contribution in [0.1, 0.15) is 58.8 Å². The maximum absolute atomic E-state index is 14.4. The van der Waals surface area contributed by atoms with Gasteiger partial charge in [-0.15, -0.1) is 10.2 Å². The number of carbonyl (C=O) groups is 1. The average Bonchev–Trinajstić information content (AvgIpc) is 3.55. The molecule has 3 aliphatic heterocycles. The average molecular weight is 619 g/mol. The summed E-state index contributed by atoms with van der Waals surface area (Å²) in [5, 5.41) is 7.49. The van der Waals surface area contributed by atoms with Gasteiger partial charge in [-0.3, -0.25) is 14.3 Å². The highest BCUT2D eigenvalue weighted by Crippen LogP contribution is 2.42. The first kappa shape index (κ1) is 30.6. The molecule has 0 unspecified atom stereocenters. The van der Waals surface area contributed by atoms with Crippen molar-refractivity contribution < 1.29 is 31.5 Å². The van der Waals surface area contributed by atoms with E-state index in [1.807, 2.05) is 13.1 Å². The molecule has 0 N–H and O–H groups in total. The molecule has 0 saturated carbocycles. The molecule has 0 spiro atoms. The Kier molecular flexibility index (Phi) is 8.00. The predicted molar refractivity (Wildman–Crippen MR) is 152 cm³/mol. The van der Waals surface area contributed by atoms with Gasteiger partial charge in [0.05, 0.1) is 25.3 Å². The molecule has 3 aromatic rings. The third-order valence-corrected chi connectivity index (χ3v) is 9.18. The molecular formula is C31H35F5N6O2. The number of halogens is 5. The second-order valence-corrected chi connectivity index (χ2v) is 12.5. The van der Waals surface area contributed by atoms with Gasteiger partial charge in [0, 0.05) is 55.3 Å². The molecule has 0 bridgehead atoms.